The van der Waals surface area contributed by atoms with Gasteiger partial charge in [0.2, 0.25) is 11.4 Å². The average molecular weight is 377 g/mol. The average Bonchev–Trinajstić information content (AvgIpc) is 2.90. The number of aliphatic hydroxyl groups is 1. The van der Waals surface area contributed by atoms with Crippen LogP contribution in [-0.2, 0) is 21.4 Å². The zero-order chi connectivity index (χ0) is 19.0. The SMILES string of the molecule is Cn1c(=O)c2[nH]c(Cl)nc2n(C(=O)OC(C(=O)O)C(O)C(=O)O)c1=O. The van der Waals surface area contributed by atoms with Crippen LogP contribution in [0.15, 0.2) is 9.59 Å². The predicted octanol–water partition coefficient (Wildman–Crippen LogP) is -2.04. The summed E-state index contributed by atoms with van der Waals surface area (Å²) in [5.74, 6) is -3.95. The number of hydrogen-bond donors (Lipinski definition) is 4. The molecule has 25 heavy (non-hydrogen) atoms. The topological polar surface area (TPSA) is 194 Å². The number of carboxylic acid groups (broad SMARTS) is 2. The van der Waals surface area contributed by atoms with Crippen molar-refractivity contribution in [3.05, 3.63) is 26.1 Å². The lowest BCUT2D eigenvalue weighted by atomic mass is 10.2. The second-order valence-electron chi connectivity index (χ2n) is 4.63. The fourth-order valence-corrected chi connectivity index (χ4v) is 2.02. The van der Waals surface area contributed by atoms with Gasteiger partial charge in [0.1, 0.15) is 0 Å². The number of nitrogens with one attached hydrogen (secondary N) is 1. The first-order valence-electron chi connectivity index (χ1n) is 6.28. The summed E-state index contributed by atoms with van der Waals surface area (Å²) < 4.78 is 5.05. The van der Waals surface area contributed by atoms with E-state index in [4.69, 9.17) is 21.8 Å². The minimum atomic E-state index is -2.59. The summed E-state index contributed by atoms with van der Waals surface area (Å²) >= 11 is 5.59. The van der Waals surface area contributed by atoms with E-state index in [0.29, 0.717) is 4.57 Å². The van der Waals surface area contributed by atoms with Crippen molar-refractivity contribution < 1.29 is 34.4 Å². The van der Waals surface area contributed by atoms with Crippen molar-refractivity contribution in [3.63, 3.8) is 0 Å². The van der Waals surface area contributed by atoms with Crippen molar-refractivity contribution in [3.8, 4) is 0 Å². The van der Waals surface area contributed by atoms with Crippen molar-refractivity contribution in [1.82, 2.24) is 19.1 Å². The van der Waals surface area contributed by atoms with Gasteiger partial charge in [0, 0.05) is 7.05 Å². The van der Waals surface area contributed by atoms with Crippen LogP contribution in [0.2, 0.25) is 5.28 Å². The van der Waals surface area contributed by atoms with Crippen LogP contribution >= 0.6 is 11.6 Å². The Balaban J connectivity index is 2.60. The maximum Gasteiger partial charge on any atom is 0.425 e. The summed E-state index contributed by atoms with van der Waals surface area (Å²) in [7, 11) is 1.02. The van der Waals surface area contributed by atoms with Gasteiger partial charge in [-0.15, -0.1) is 0 Å². The Morgan fingerprint density at radius 3 is 2.36 bits per heavy atom. The number of ether oxygens (including phenoxy) is 1. The summed E-state index contributed by atoms with van der Waals surface area (Å²) in [5.41, 5.74) is -3.03. The van der Waals surface area contributed by atoms with Gasteiger partial charge in [-0.2, -0.15) is 9.55 Å². The molecule has 2 unspecified atom stereocenters. The van der Waals surface area contributed by atoms with E-state index in [-0.39, 0.29) is 15.4 Å². The van der Waals surface area contributed by atoms with E-state index < -0.39 is 47.1 Å². The number of aliphatic carboxylic acids is 2. The molecule has 134 valence electrons. The molecule has 0 amide bonds. The Morgan fingerprint density at radius 1 is 1.24 bits per heavy atom. The van der Waals surface area contributed by atoms with Crippen LogP contribution in [0.25, 0.3) is 11.2 Å². The van der Waals surface area contributed by atoms with Crippen LogP contribution in [-0.4, -0.2) is 64.7 Å². The molecule has 0 bridgehead atoms. The maximum atomic E-state index is 12.2. The Bertz CT molecular complexity index is 1000. The molecule has 0 aliphatic rings. The number of carboxylic acids is 2. The molecule has 0 spiro atoms. The Hall–Kier alpha value is -3.19. The van der Waals surface area contributed by atoms with Gasteiger partial charge in [-0.3, -0.25) is 9.36 Å². The highest BCUT2D eigenvalue weighted by atomic mass is 35.5. The van der Waals surface area contributed by atoms with Crippen LogP contribution < -0.4 is 11.2 Å². The molecule has 4 N–H and O–H groups in total. The van der Waals surface area contributed by atoms with E-state index in [1.54, 1.807) is 0 Å². The molecule has 2 rings (SSSR count). The van der Waals surface area contributed by atoms with Crippen LogP contribution in [0.4, 0.5) is 4.79 Å². The zero-order valence-electron chi connectivity index (χ0n) is 12.2. The van der Waals surface area contributed by atoms with Crippen LogP contribution in [0, 0.1) is 0 Å². The van der Waals surface area contributed by atoms with Gasteiger partial charge in [-0.1, -0.05) is 0 Å². The van der Waals surface area contributed by atoms with Crippen LogP contribution in [0.5, 0.6) is 0 Å². The molecule has 0 aromatic carbocycles. The number of aromatic nitrogens is 4. The second kappa shape index (κ2) is 6.37. The molecule has 14 heteroatoms. The minimum absolute atomic E-state index is 0.170. The van der Waals surface area contributed by atoms with Gasteiger partial charge in [0.05, 0.1) is 0 Å². The number of nitrogens with zero attached hydrogens (tertiary/aromatic N) is 3. The third-order valence-corrected chi connectivity index (χ3v) is 3.24. The molecule has 0 radical (unpaired) electrons. The number of imidazole rings is 1. The lowest BCUT2D eigenvalue weighted by Gasteiger charge is -2.17. The van der Waals surface area contributed by atoms with E-state index in [2.05, 4.69) is 14.7 Å². The first kappa shape index (κ1) is 18.2. The number of hydrogen-bond acceptors (Lipinski definition) is 8. The van der Waals surface area contributed by atoms with Crippen molar-refractivity contribution >= 4 is 40.8 Å². The number of carbonyl (C=O) groups is 3. The van der Waals surface area contributed by atoms with Crippen molar-refractivity contribution in [2.24, 2.45) is 7.05 Å². The van der Waals surface area contributed by atoms with Crippen LogP contribution in [0.3, 0.4) is 0 Å². The molecule has 13 nitrogen and oxygen atoms in total. The molecule has 2 aromatic heterocycles. The number of H-pyrrole nitrogens is 1. The number of aromatic amines is 1. The Morgan fingerprint density at radius 2 is 1.84 bits per heavy atom. The molecule has 2 heterocycles. The number of halogens is 1. The minimum Gasteiger partial charge on any atom is -0.479 e. The van der Waals surface area contributed by atoms with E-state index in [1.807, 2.05) is 0 Å². The van der Waals surface area contributed by atoms with Crippen molar-refractivity contribution in [2.75, 3.05) is 0 Å². The van der Waals surface area contributed by atoms with Gasteiger partial charge in [-0.05, 0) is 11.6 Å². The summed E-state index contributed by atoms with van der Waals surface area (Å²) in [6.07, 6.45) is -6.79. The fraction of sp³-hybridized carbons (Fsp3) is 0.273. The largest absolute Gasteiger partial charge is 0.479 e. The van der Waals surface area contributed by atoms with E-state index in [0.717, 1.165) is 7.05 Å². The van der Waals surface area contributed by atoms with Crippen molar-refractivity contribution in [1.29, 1.82) is 0 Å². The third kappa shape index (κ3) is 3.09. The van der Waals surface area contributed by atoms with Gasteiger partial charge in [0.15, 0.2) is 17.3 Å². The molecule has 0 saturated carbocycles. The molecular weight excluding hydrogens is 368 g/mol. The number of carbonyl (C=O) groups excluding carboxylic acids is 1. The van der Waals surface area contributed by atoms with E-state index >= 15 is 0 Å². The molecule has 2 atom stereocenters. The highest BCUT2D eigenvalue weighted by Crippen LogP contribution is 2.11. The number of aliphatic hydroxyl groups excluding tert-OH is 1. The lowest BCUT2D eigenvalue weighted by molar-refractivity contribution is -0.165. The maximum absolute atomic E-state index is 12.2. The standard InChI is InChI=1S/C11H9ClN4O9/c1-15-6(18)2-5(14-9(12)13-2)16(10(15)23)11(24)25-4(8(21)22)3(17)7(19)20/h3-4,17H,1H3,(H,13,14)(H,19,20)(H,21,22). The molecule has 2 aromatic rings. The van der Waals surface area contributed by atoms with Crippen LogP contribution in [0.1, 0.15) is 0 Å². The summed E-state index contributed by atoms with van der Waals surface area (Å²) in [5, 5.41) is 26.5. The van der Waals surface area contributed by atoms with Gasteiger partial charge >= 0.3 is 23.7 Å². The molecule has 0 fully saturated rings. The number of fused-ring (bicyclic) bond motifs is 1. The molecule has 0 saturated heterocycles. The van der Waals surface area contributed by atoms with Gasteiger partial charge in [-0.25, -0.2) is 19.2 Å². The van der Waals surface area contributed by atoms with Crippen molar-refractivity contribution in [2.45, 2.75) is 12.2 Å². The smallest absolute Gasteiger partial charge is 0.425 e. The molecular formula is C11H9ClN4O9. The van der Waals surface area contributed by atoms with Gasteiger partial charge < -0.3 is 25.0 Å². The third-order valence-electron chi connectivity index (χ3n) is 3.06. The number of rotatable bonds is 4. The monoisotopic (exact) mass is 376 g/mol. The van der Waals surface area contributed by atoms with E-state index in [1.165, 1.54) is 0 Å². The summed E-state index contributed by atoms with van der Waals surface area (Å²) in [6.45, 7) is 0. The zero-order valence-corrected chi connectivity index (χ0v) is 12.9. The lowest BCUT2D eigenvalue weighted by Crippen LogP contribution is -2.47. The second-order valence-corrected chi connectivity index (χ2v) is 4.99. The summed E-state index contributed by atoms with van der Waals surface area (Å²) in [4.78, 5) is 63.7. The first-order valence-corrected chi connectivity index (χ1v) is 6.66. The highest BCUT2D eigenvalue weighted by Gasteiger charge is 2.37. The predicted molar refractivity (Wildman–Crippen MR) is 77.6 cm³/mol. The van der Waals surface area contributed by atoms with Gasteiger partial charge in [0.25, 0.3) is 5.56 Å². The Kier molecular flexibility index (Phi) is 4.62. The quantitative estimate of drug-likeness (QED) is 0.431. The van der Waals surface area contributed by atoms with E-state index in [9.17, 15) is 29.1 Å². The molecule has 0 aliphatic heterocycles. The first-order chi connectivity index (χ1) is 11.6. The normalized spacial score (nSPS) is 13.4. The molecule has 0 aliphatic carbocycles. The fourth-order valence-electron chi connectivity index (χ4n) is 1.85. The summed E-state index contributed by atoms with van der Waals surface area (Å²) in [6, 6.07) is 0. The highest BCUT2D eigenvalue weighted by molar-refractivity contribution is 6.29. The Labute approximate surface area is 140 Å².